The van der Waals surface area contributed by atoms with Crippen molar-refractivity contribution in [3.63, 3.8) is 0 Å². The molecule has 15 heavy (non-hydrogen) atoms. The number of hydrogen-bond donors (Lipinski definition) is 1. The molecule has 0 unspecified atom stereocenters. The molecule has 0 heterocycles. The zero-order chi connectivity index (χ0) is 10.6. The molecule has 0 spiro atoms. The van der Waals surface area contributed by atoms with Crippen molar-refractivity contribution in [2.24, 2.45) is 0 Å². The van der Waals surface area contributed by atoms with Gasteiger partial charge in [-0.1, -0.05) is 24.6 Å². The number of nitrogens with one attached hydrogen (secondary N) is 1. The maximum atomic E-state index is 11.6. The van der Waals surface area contributed by atoms with E-state index in [-0.39, 0.29) is 29.6 Å². The third-order valence-electron chi connectivity index (χ3n) is 1.87. The molecule has 0 aliphatic carbocycles. The first-order chi connectivity index (χ1) is 6.56. The van der Waals surface area contributed by atoms with Crippen molar-refractivity contribution < 1.29 is 8.42 Å². The molecular formula is C10H16NNaO2S. The summed E-state index contributed by atoms with van der Waals surface area (Å²) in [6.45, 7) is 4.34. The van der Waals surface area contributed by atoms with Crippen molar-refractivity contribution in [1.82, 2.24) is 4.72 Å². The molecule has 0 bridgehead atoms. The van der Waals surface area contributed by atoms with Gasteiger partial charge in [-0.05, 0) is 25.5 Å². The van der Waals surface area contributed by atoms with Crippen LogP contribution in [-0.4, -0.2) is 44.5 Å². The van der Waals surface area contributed by atoms with Gasteiger partial charge in [-0.15, -0.1) is 0 Å². The van der Waals surface area contributed by atoms with Crippen LogP contribution in [0.15, 0.2) is 29.2 Å². The van der Waals surface area contributed by atoms with E-state index in [0.717, 1.165) is 12.0 Å². The van der Waals surface area contributed by atoms with Crippen molar-refractivity contribution in [3.8, 4) is 0 Å². The van der Waals surface area contributed by atoms with Gasteiger partial charge in [0.25, 0.3) is 0 Å². The second kappa shape index (κ2) is 6.66. The van der Waals surface area contributed by atoms with Gasteiger partial charge < -0.3 is 0 Å². The second-order valence-corrected chi connectivity index (χ2v) is 4.98. The summed E-state index contributed by atoms with van der Waals surface area (Å²) in [5, 5.41) is 0. The number of aryl methyl sites for hydroxylation is 1. The average Bonchev–Trinajstić information content (AvgIpc) is 2.16. The van der Waals surface area contributed by atoms with Crippen LogP contribution < -0.4 is 4.72 Å². The molecule has 80 valence electrons. The van der Waals surface area contributed by atoms with Crippen LogP contribution in [0.4, 0.5) is 0 Å². The fourth-order valence-corrected chi connectivity index (χ4v) is 2.17. The molecule has 1 aromatic rings. The molecule has 0 saturated heterocycles. The molecule has 0 saturated carbocycles. The number of sulfonamides is 1. The average molecular weight is 237 g/mol. The standard InChI is InChI=1S/C10H15NO2S.Na.H/c1-3-8-11-14(12,13)10-6-4-9(2)5-7-10;;/h4-7,11H,3,8H2,1-2H3;;. The predicted octanol–water partition coefficient (Wildman–Crippen LogP) is 1.03. The van der Waals surface area contributed by atoms with Crippen LogP contribution in [-0.2, 0) is 10.0 Å². The van der Waals surface area contributed by atoms with Crippen LogP contribution in [0.3, 0.4) is 0 Å². The monoisotopic (exact) mass is 237 g/mol. The molecule has 0 fully saturated rings. The molecule has 3 nitrogen and oxygen atoms in total. The summed E-state index contributed by atoms with van der Waals surface area (Å²) >= 11 is 0. The minimum atomic E-state index is -3.29. The molecule has 0 radical (unpaired) electrons. The van der Waals surface area contributed by atoms with Crippen molar-refractivity contribution in [2.75, 3.05) is 6.54 Å². The Kier molecular flexibility index (Phi) is 6.71. The quantitative estimate of drug-likeness (QED) is 0.795. The first-order valence-electron chi connectivity index (χ1n) is 4.62. The summed E-state index contributed by atoms with van der Waals surface area (Å²) in [5.41, 5.74) is 1.06. The fourth-order valence-electron chi connectivity index (χ4n) is 1.04. The van der Waals surface area contributed by atoms with Crippen LogP contribution in [0.2, 0.25) is 0 Å². The van der Waals surface area contributed by atoms with Gasteiger partial charge in [0.2, 0.25) is 10.0 Å². The molecule has 0 atom stereocenters. The van der Waals surface area contributed by atoms with E-state index in [0.29, 0.717) is 11.4 Å². The topological polar surface area (TPSA) is 46.2 Å². The third kappa shape index (κ3) is 4.66. The van der Waals surface area contributed by atoms with Gasteiger partial charge in [0, 0.05) is 6.54 Å². The predicted molar refractivity (Wildman–Crippen MR) is 63.8 cm³/mol. The Bertz CT molecular complexity index is 386. The van der Waals surface area contributed by atoms with E-state index in [4.69, 9.17) is 0 Å². The van der Waals surface area contributed by atoms with Crippen molar-refractivity contribution in [3.05, 3.63) is 29.8 Å². The van der Waals surface area contributed by atoms with E-state index in [9.17, 15) is 8.42 Å². The van der Waals surface area contributed by atoms with Crippen LogP contribution in [0.25, 0.3) is 0 Å². The van der Waals surface area contributed by atoms with Crippen LogP contribution in [0, 0.1) is 6.92 Å². The summed E-state index contributed by atoms with van der Waals surface area (Å²) in [4.78, 5) is 0.330. The summed E-state index contributed by atoms with van der Waals surface area (Å²) < 4.78 is 25.7. The SMILES string of the molecule is CCCNS(=O)(=O)c1ccc(C)cc1.[NaH]. The van der Waals surface area contributed by atoms with Crippen molar-refractivity contribution in [2.45, 2.75) is 25.2 Å². The fraction of sp³-hybridized carbons (Fsp3) is 0.400. The number of benzene rings is 1. The summed E-state index contributed by atoms with van der Waals surface area (Å²) in [5.74, 6) is 0. The van der Waals surface area contributed by atoms with Gasteiger partial charge >= 0.3 is 29.6 Å². The van der Waals surface area contributed by atoms with Gasteiger partial charge in [0.05, 0.1) is 4.90 Å². The number of rotatable bonds is 4. The van der Waals surface area contributed by atoms with E-state index in [1.165, 1.54) is 0 Å². The van der Waals surface area contributed by atoms with Gasteiger partial charge in [0.1, 0.15) is 0 Å². The van der Waals surface area contributed by atoms with Gasteiger partial charge in [0.15, 0.2) is 0 Å². The van der Waals surface area contributed by atoms with Crippen LogP contribution >= 0.6 is 0 Å². The third-order valence-corrected chi connectivity index (χ3v) is 3.35. The van der Waals surface area contributed by atoms with Gasteiger partial charge in [-0.25, -0.2) is 13.1 Å². The molecule has 0 aliphatic rings. The Balaban J connectivity index is 0.00000196. The first kappa shape index (κ1) is 15.1. The Labute approximate surface area is 114 Å². The second-order valence-electron chi connectivity index (χ2n) is 3.21. The molecular weight excluding hydrogens is 221 g/mol. The van der Waals surface area contributed by atoms with E-state index >= 15 is 0 Å². The Morgan fingerprint density at radius 2 is 1.73 bits per heavy atom. The van der Waals surface area contributed by atoms with E-state index in [1.807, 2.05) is 13.8 Å². The Morgan fingerprint density at radius 3 is 2.20 bits per heavy atom. The Morgan fingerprint density at radius 1 is 1.20 bits per heavy atom. The molecule has 0 aromatic heterocycles. The van der Waals surface area contributed by atoms with Crippen molar-refractivity contribution >= 4 is 39.6 Å². The van der Waals surface area contributed by atoms with Gasteiger partial charge in [-0.2, -0.15) is 0 Å². The molecule has 1 N–H and O–H groups in total. The van der Waals surface area contributed by atoms with Crippen LogP contribution in [0.5, 0.6) is 0 Å². The van der Waals surface area contributed by atoms with E-state index in [2.05, 4.69) is 4.72 Å². The summed E-state index contributed by atoms with van der Waals surface area (Å²) in [6, 6.07) is 6.82. The van der Waals surface area contributed by atoms with Gasteiger partial charge in [-0.3, -0.25) is 0 Å². The van der Waals surface area contributed by atoms with Crippen LogP contribution in [0.1, 0.15) is 18.9 Å². The molecule has 0 aliphatic heterocycles. The number of hydrogen-bond acceptors (Lipinski definition) is 2. The minimum absolute atomic E-state index is 0. The first-order valence-corrected chi connectivity index (χ1v) is 6.11. The van der Waals surface area contributed by atoms with Crippen molar-refractivity contribution in [1.29, 1.82) is 0 Å². The molecule has 1 aromatic carbocycles. The Hall–Kier alpha value is 0.130. The molecule has 0 amide bonds. The normalized spacial score (nSPS) is 10.8. The molecule has 1 rings (SSSR count). The summed E-state index contributed by atoms with van der Waals surface area (Å²) in [7, 11) is -3.29. The van der Waals surface area contributed by atoms with E-state index in [1.54, 1.807) is 24.3 Å². The molecule has 5 heteroatoms. The zero-order valence-corrected chi connectivity index (χ0v) is 9.26. The summed E-state index contributed by atoms with van der Waals surface area (Å²) in [6.07, 6.45) is 0.797. The maximum absolute atomic E-state index is 11.6. The van der Waals surface area contributed by atoms with E-state index < -0.39 is 10.0 Å². The zero-order valence-electron chi connectivity index (χ0n) is 8.45.